The molecule has 0 aliphatic heterocycles. The number of rotatable bonds is 5. The van der Waals surface area contributed by atoms with Crippen molar-refractivity contribution >= 4 is 11.3 Å². The van der Waals surface area contributed by atoms with Crippen LogP contribution >= 0.6 is 11.3 Å². The molecular weight excluding hydrogens is 350 g/mol. The lowest BCUT2D eigenvalue weighted by atomic mass is 10.2. The second-order valence-electron chi connectivity index (χ2n) is 5.57. The molecule has 0 amide bonds. The van der Waals surface area contributed by atoms with Crippen LogP contribution in [0, 0.1) is 0 Å². The van der Waals surface area contributed by atoms with Crippen LogP contribution in [0.1, 0.15) is 5.56 Å². The number of nitrogens with zero attached hydrogens (tertiary/aromatic N) is 5. The summed E-state index contributed by atoms with van der Waals surface area (Å²) < 4.78 is 8.28. The average molecular weight is 365 g/mol. The van der Waals surface area contributed by atoms with Gasteiger partial charge in [0.05, 0.1) is 11.1 Å². The summed E-state index contributed by atoms with van der Waals surface area (Å²) in [4.78, 5) is 16.6. The highest BCUT2D eigenvalue weighted by Crippen LogP contribution is 2.27. The Labute approximate surface area is 153 Å². The van der Waals surface area contributed by atoms with Crippen LogP contribution < -0.4 is 10.4 Å². The van der Waals surface area contributed by atoms with Crippen molar-refractivity contribution in [2.24, 2.45) is 7.05 Å². The third kappa shape index (κ3) is 3.14. The van der Waals surface area contributed by atoms with E-state index in [2.05, 4.69) is 15.4 Å². The first kappa shape index (κ1) is 16.2. The summed E-state index contributed by atoms with van der Waals surface area (Å²) in [5, 5.41) is 10.4. The summed E-state index contributed by atoms with van der Waals surface area (Å²) in [5.74, 6) is 0.551. The Morgan fingerprint density at radius 1 is 1.04 bits per heavy atom. The molecule has 0 aliphatic rings. The Balaban J connectivity index is 1.55. The van der Waals surface area contributed by atoms with Crippen molar-refractivity contribution in [3.8, 4) is 22.1 Å². The standard InChI is InChI=1S/C18H15N5O2S/c1-22-18(24)23(21-20-22)15-10-6-5-9-14(15)11-25-16-12-26-17(19-16)13-7-3-2-4-8-13/h2-10,12H,11H2,1H3. The maximum atomic E-state index is 12.1. The minimum atomic E-state index is -0.308. The van der Waals surface area contributed by atoms with Gasteiger partial charge in [0, 0.05) is 18.2 Å². The van der Waals surface area contributed by atoms with Gasteiger partial charge in [-0.15, -0.1) is 11.3 Å². The Morgan fingerprint density at radius 2 is 1.81 bits per heavy atom. The van der Waals surface area contributed by atoms with Crippen LogP contribution in [0.3, 0.4) is 0 Å². The topological polar surface area (TPSA) is 74.8 Å². The molecule has 0 saturated carbocycles. The Kier molecular flexibility index (Phi) is 4.32. The number of ether oxygens (including phenoxy) is 1. The summed E-state index contributed by atoms with van der Waals surface area (Å²) >= 11 is 1.53. The van der Waals surface area contributed by atoms with Crippen molar-refractivity contribution in [1.82, 2.24) is 24.8 Å². The molecule has 0 atom stereocenters. The van der Waals surface area contributed by atoms with Crippen molar-refractivity contribution in [3.05, 3.63) is 76.0 Å². The molecule has 130 valence electrons. The molecule has 0 aliphatic carbocycles. The van der Waals surface area contributed by atoms with Crippen molar-refractivity contribution in [1.29, 1.82) is 0 Å². The molecule has 2 aromatic carbocycles. The normalized spacial score (nSPS) is 10.8. The summed E-state index contributed by atoms with van der Waals surface area (Å²) in [6, 6.07) is 17.4. The smallest absolute Gasteiger partial charge is 0.368 e. The molecule has 26 heavy (non-hydrogen) atoms. The number of tetrazole rings is 1. The van der Waals surface area contributed by atoms with E-state index >= 15 is 0 Å². The fraction of sp³-hybridized carbons (Fsp3) is 0.111. The van der Waals surface area contributed by atoms with Crippen LogP contribution in [0.4, 0.5) is 0 Å². The molecule has 2 heterocycles. The highest BCUT2D eigenvalue weighted by atomic mass is 32.1. The van der Waals surface area contributed by atoms with E-state index in [4.69, 9.17) is 4.74 Å². The Bertz CT molecular complexity index is 1080. The largest absolute Gasteiger partial charge is 0.472 e. The molecule has 0 unspecified atom stereocenters. The van der Waals surface area contributed by atoms with Gasteiger partial charge < -0.3 is 4.74 Å². The number of hydrogen-bond donors (Lipinski definition) is 0. The van der Waals surface area contributed by atoms with E-state index < -0.39 is 0 Å². The zero-order valence-electron chi connectivity index (χ0n) is 13.9. The van der Waals surface area contributed by atoms with Crippen molar-refractivity contribution in [2.45, 2.75) is 6.61 Å². The van der Waals surface area contributed by atoms with Gasteiger partial charge in [-0.05, 0) is 16.5 Å². The van der Waals surface area contributed by atoms with Crippen molar-refractivity contribution in [2.75, 3.05) is 0 Å². The minimum absolute atomic E-state index is 0.275. The van der Waals surface area contributed by atoms with E-state index in [1.807, 2.05) is 60.0 Å². The maximum absolute atomic E-state index is 12.1. The Morgan fingerprint density at radius 3 is 2.58 bits per heavy atom. The molecule has 4 rings (SSSR count). The van der Waals surface area contributed by atoms with Crippen LogP contribution in [-0.2, 0) is 13.7 Å². The van der Waals surface area contributed by atoms with Crippen LogP contribution in [0.15, 0.2) is 64.8 Å². The lowest BCUT2D eigenvalue weighted by molar-refractivity contribution is 0.295. The SMILES string of the molecule is Cn1nnn(-c2ccccc2COc2csc(-c3ccccc3)n2)c1=O. The van der Waals surface area contributed by atoms with Gasteiger partial charge in [-0.1, -0.05) is 48.5 Å². The predicted octanol–water partition coefficient (Wildman–Crippen LogP) is 2.67. The second kappa shape index (κ2) is 6.93. The van der Waals surface area contributed by atoms with Gasteiger partial charge in [-0.25, -0.2) is 9.78 Å². The van der Waals surface area contributed by atoms with Crippen LogP contribution in [0.25, 0.3) is 16.3 Å². The number of aryl methyl sites for hydroxylation is 1. The quantitative estimate of drug-likeness (QED) is 0.544. The van der Waals surface area contributed by atoms with Crippen molar-refractivity contribution in [3.63, 3.8) is 0 Å². The molecular formula is C18H15N5O2S. The van der Waals surface area contributed by atoms with Gasteiger partial charge in [0.15, 0.2) is 0 Å². The summed E-state index contributed by atoms with van der Waals surface area (Å²) in [6.07, 6.45) is 0. The zero-order valence-corrected chi connectivity index (χ0v) is 14.8. The molecule has 7 nitrogen and oxygen atoms in total. The fourth-order valence-electron chi connectivity index (χ4n) is 2.49. The van der Waals surface area contributed by atoms with Crippen LogP contribution in [0.2, 0.25) is 0 Å². The summed E-state index contributed by atoms with van der Waals surface area (Å²) in [6.45, 7) is 0.275. The van der Waals surface area contributed by atoms with Crippen LogP contribution in [0.5, 0.6) is 5.88 Å². The van der Waals surface area contributed by atoms with E-state index in [1.54, 1.807) is 7.05 Å². The number of para-hydroxylation sites is 1. The van der Waals surface area contributed by atoms with Gasteiger partial charge in [-0.2, -0.15) is 9.36 Å². The molecule has 0 spiro atoms. The van der Waals surface area contributed by atoms with E-state index in [0.29, 0.717) is 11.6 Å². The molecule has 0 bridgehead atoms. The van der Waals surface area contributed by atoms with Gasteiger partial charge >= 0.3 is 5.69 Å². The number of hydrogen-bond acceptors (Lipinski definition) is 6. The summed E-state index contributed by atoms with van der Waals surface area (Å²) in [7, 11) is 1.56. The van der Waals surface area contributed by atoms with Gasteiger partial charge in [0.2, 0.25) is 5.88 Å². The first-order valence-corrected chi connectivity index (χ1v) is 8.81. The second-order valence-corrected chi connectivity index (χ2v) is 6.43. The lowest BCUT2D eigenvalue weighted by Crippen LogP contribution is -2.23. The molecule has 0 saturated heterocycles. The highest BCUT2D eigenvalue weighted by molar-refractivity contribution is 7.13. The number of thiazole rings is 1. The van der Waals surface area contributed by atoms with Gasteiger partial charge in [0.25, 0.3) is 0 Å². The molecule has 0 radical (unpaired) electrons. The van der Waals surface area contributed by atoms with E-state index in [-0.39, 0.29) is 12.3 Å². The molecule has 2 aromatic heterocycles. The van der Waals surface area contributed by atoms with Gasteiger partial charge in [-0.3, -0.25) is 0 Å². The molecule has 0 N–H and O–H groups in total. The van der Waals surface area contributed by atoms with Gasteiger partial charge in [0.1, 0.15) is 11.6 Å². The number of aromatic nitrogens is 5. The van der Waals surface area contributed by atoms with E-state index in [0.717, 1.165) is 16.1 Å². The first-order valence-electron chi connectivity index (χ1n) is 7.93. The highest BCUT2D eigenvalue weighted by Gasteiger charge is 2.12. The molecule has 8 heteroatoms. The lowest BCUT2D eigenvalue weighted by Gasteiger charge is -2.08. The molecule has 4 aromatic rings. The third-order valence-corrected chi connectivity index (χ3v) is 4.69. The maximum Gasteiger partial charge on any atom is 0.368 e. The zero-order chi connectivity index (χ0) is 17.9. The van der Waals surface area contributed by atoms with E-state index in [9.17, 15) is 4.79 Å². The van der Waals surface area contributed by atoms with Crippen molar-refractivity contribution < 1.29 is 4.74 Å². The molecule has 0 fully saturated rings. The predicted molar refractivity (Wildman–Crippen MR) is 98.5 cm³/mol. The summed E-state index contributed by atoms with van der Waals surface area (Å²) in [5.41, 5.74) is 2.21. The Hall–Kier alpha value is -3.26. The fourth-order valence-corrected chi connectivity index (χ4v) is 3.24. The average Bonchev–Trinajstić information content (AvgIpc) is 3.29. The third-order valence-electron chi connectivity index (χ3n) is 3.82. The monoisotopic (exact) mass is 365 g/mol. The van der Waals surface area contributed by atoms with E-state index in [1.165, 1.54) is 20.7 Å². The first-order chi connectivity index (χ1) is 12.7. The number of benzene rings is 2. The van der Waals surface area contributed by atoms with Crippen LogP contribution in [-0.4, -0.2) is 24.8 Å². The minimum Gasteiger partial charge on any atom is -0.472 e.